The van der Waals surface area contributed by atoms with Crippen molar-refractivity contribution in [3.05, 3.63) is 0 Å². The largest absolute Gasteiger partial charge is 0.462 e. The van der Waals surface area contributed by atoms with Crippen molar-refractivity contribution in [3.8, 4) is 0 Å². The SMILES string of the molecule is CCC[C@H](C)OC(=O)[C@H]1[C@@H](C)C[C@@]2(C)C[C@H]1C(=O)O2. The number of ether oxygens (including phenoxy) is 2. The number of hydrogen-bond donors (Lipinski definition) is 0. The summed E-state index contributed by atoms with van der Waals surface area (Å²) in [7, 11) is 0. The minimum absolute atomic E-state index is 0.0737. The normalized spacial score (nSPS) is 38.7. The van der Waals surface area contributed by atoms with Gasteiger partial charge in [-0.15, -0.1) is 0 Å². The summed E-state index contributed by atoms with van der Waals surface area (Å²) in [5, 5.41) is 0. The van der Waals surface area contributed by atoms with E-state index in [0.29, 0.717) is 6.42 Å². The third-order valence-electron chi connectivity index (χ3n) is 4.39. The van der Waals surface area contributed by atoms with Crippen LogP contribution in [0.1, 0.15) is 53.4 Å². The van der Waals surface area contributed by atoms with Gasteiger partial charge < -0.3 is 9.47 Å². The maximum absolute atomic E-state index is 12.3. The third-order valence-corrected chi connectivity index (χ3v) is 4.39. The molecule has 0 aromatic carbocycles. The maximum Gasteiger partial charge on any atom is 0.310 e. The fraction of sp³-hybridized carbons (Fsp3) is 0.867. The predicted molar refractivity (Wildman–Crippen MR) is 70.3 cm³/mol. The lowest BCUT2D eigenvalue weighted by Crippen LogP contribution is -2.41. The fourth-order valence-electron chi connectivity index (χ4n) is 3.65. The van der Waals surface area contributed by atoms with Gasteiger partial charge in [0.1, 0.15) is 5.60 Å². The smallest absolute Gasteiger partial charge is 0.310 e. The molecular weight excluding hydrogens is 244 g/mol. The molecule has 1 aliphatic carbocycles. The van der Waals surface area contributed by atoms with Gasteiger partial charge in [-0.25, -0.2) is 0 Å². The molecule has 5 atom stereocenters. The van der Waals surface area contributed by atoms with Gasteiger partial charge in [0, 0.05) is 6.42 Å². The van der Waals surface area contributed by atoms with E-state index >= 15 is 0 Å². The lowest BCUT2D eigenvalue weighted by atomic mass is 9.69. The Bertz CT molecular complexity index is 378. The third kappa shape index (κ3) is 2.77. The Morgan fingerprint density at radius 3 is 2.84 bits per heavy atom. The first-order chi connectivity index (χ1) is 8.86. The van der Waals surface area contributed by atoms with Gasteiger partial charge in [-0.05, 0) is 32.6 Å². The van der Waals surface area contributed by atoms with E-state index in [0.717, 1.165) is 19.3 Å². The molecule has 0 N–H and O–H groups in total. The zero-order chi connectivity index (χ0) is 14.2. The predicted octanol–water partition coefficient (Wildman–Crippen LogP) is 2.70. The molecular formula is C15H24O4. The first-order valence-electron chi connectivity index (χ1n) is 7.29. The van der Waals surface area contributed by atoms with Gasteiger partial charge in [0.05, 0.1) is 17.9 Å². The van der Waals surface area contributed by atoms with Gasteiger partial charge in [-0.1, -0.05) is 20.3 Å². The summed E-state index contributed by atoms with van der Waals surface area (Å²) >= 11 is 0. The van der Waals surface area contributed by atoms with E-state index in [4.69, 9.17) is 9.47 Å². The Morgan fingerprint density at radius 1 is 1.53 bits per heavy atom. The summed E-state index contributed by atoms with van der Waals surface area (Å²) in [6.07, 6.45) is 3.17. The van der Waals surface area contributed by atoms with Crippen molar-refractivity contribution in [3.63, 3.8) is 0 Å². The summed E-state index contributed by atoms with van der Waals surface area (Å²) in [5.74, 6) is -0.953. The minimum atomic E-state index is -0.368. The fourth-order valence-corrected chi connectivity index (χ4v) is 3.65. The highest BCUT2D eigenvalue weighted by Gasteiger charge is 2.56. The van der Waals surface area contributed by atoms with Gasteiger partial charge >= 0.3 is 11.9 Å². The van der Waals surface area contributed by atoms with Crippen LogP contribution in [-0.4, -0.2) is 23.6 Å². The molecule has 1 saturated heterocycles. The van der Waals surface area contributed by atoms with Crippen LogP contribution >= 0.6 is 0 Å². The molecule has 0 amide bonds. The number of carbonyl (C=O) groups excluding carboxylic acids is 2. The average molecular weight is 268 g/mol. The molecule has 4 nitrogen and oxygen atoms in total. The molecule has 2 bridgehead atoms. The highest BCUT2D eigenvalue weighted by atomic mass is 16.6. The van der Waals surface area contributed by atoms with Crippen LogP contribution in [0.4, 0.5) is 0 Å². The lowest BCUT2D eigenvalue weighted by molar-refractivity contribution is -0.161. The summed E-state index contributed by atoms with van der Waals surface area (Å²) in [5.41, 5.74) is -0.368. The zero-order valence-corrected chi connectivity index (χ0v) is 12.3. The molecule has 0 aromatic rings. The summed E-state index contributed by atoms with van der Waals surface area (Å²) < 4.78 is 10.9. The Labute approximate surface area is 114 Å². The standard InChI is InChI=1S/C15H24O4/c1-5-6-10(3)18-14(17)12-9(2)7-15(4)8-11(12)13(16)19-15/h9-12H,5-8H2,1-4H3/t9-,10-,11+,12-,15-/m0/s1. The van der Waals surface area contributed by atoms with E-state index in [2.05, 4.69) is 6.92 Å². The van der Waals surface area contributed by atoms with Crippen LogP contribution in [0.25, 0.3) is 0 Å². The molecule has 2 aliphatic rings. The van der Waals surface area contributed by atoms with Crippen molar-refractivity contribution in [1.29, 1.82) is 0 Å². The molecule has 2 fully saturated rings. The summed E-state index contributed by atoms with van der Waals surface area (Å²) in [6, 6.07) is 0. The van der Waals surface area contributed by atoms with E-state index in [9.17, 15) is 9.59 Å². The average Bonchev–Trinajstić information content (AvgIpc) is 2.49. The van der Waals surface area contributed by atoms with Crippen molar-refractivity contribution in [2.75, 3.05) is 0 Å². The second-order valence-electron chi connectivity index (χ2n) is 6.42. The Balaban J connectivity index is 2.07. The van der Waals surface area contributed by atoms with Crippen molar-refractivity contribution in [2.45, 2.75) is 65.1 Å². The molecule has 19 heavy (non-hydrogen) atoms. The highest BCUT2D eigenvalue weighted by Crippen LogP contribution is 2.48. The maximum atomic E-state index is 12.3. The van der Waals surface area contributed by atoms with Gasteiger partial charge in [0.25, 0.3) is 0 Å². The van der Waals surface area contributed by atoms with E-state index in [1.807, 2.05) is 20.8 Å². The van der Waals surface area contributed by atoms with Crippen LogP contribution in [0, 0.1) is 17.8 Å². The van der Waals surface area contributed by atoms with Crippen LogP contribution in [0.5, 0.6) is 0 Å². The van der Waals surface area contributed by atoms with E-state index in [1.54, 1.807) is 0 Å². The monoisotopic (exact) mass is 268 g/mol. The van der Waals surface area contributed by atoms with E-state index in [-0.39, 0.29) is 41.4 Å². The molecule has 1 aliphatic heterocycles. The molecule has 1 heterocycles. The van der Waals surface area contributed by atoms with Gasteiger partial charge in [-0.2, -0.15) is 0 Å². The summed E-state index contributed by atoms with van der Waals surface area (Å²) in [6.45, 7) is 7.95. The second-order valence-corrected chi connectivity index (χ2v) is 6.42. The number of fused-ring (bicyclic) bond motifs is 2. The first-order valence-corrected chi connectivity index (χ1v) is 7.29. The van der Waals surface area contributed by atoms with Crippen LogP contribution < -0.4 is 0 Å². The van der Waals surface area contributed by atoms with Crippen molar-refractivity contribution in [2.24, 2.45) is 17.8 Å². The van der Waals surface area contributed by atoms with Crippen LogP contribution in [-0.2, 0) is 19.1 Å². The minimum Gasteiger partial charge on any atom is -0.462 e. The molecule has 108 valence electrons. The molecule has 1 saturated carbocycles. The van der Waals surface area contributed by atoms with Crippen molar-refractivity contribution >= 4 is 11.9 Å². The van der Waals surface area contributed by atoms with Crippen LogP contribution in [0.3, 0.4) is 0 Å². The van der Waals surface area contributed by atoms with Crippen LogP contribution in [0.2, 0.25) is 0 Å². The Morgan fingerprint density at radius 2 is 2.21 bits per heavy atom. The molecule has 2 rings (SSSR count). The molecule has 0 unspecified atom stereocenters. The van der Waals surface area contributed by atoms with Gasteiger partial charge in [0.15, 0.2) is 0 Å². The molecule has 0 radical (unpaired) electrons. The van der Waals surface area contributed by atoms with E-state index in [1.165, 1.54) is 0 Å². The number of hydrogen-bond acceptors (Lipinski definition) is 4. The van der Waals surface area contributed by atoms with Gasteiger partial charge in [0.2, 0.25) is 0 Å². The Hall–Kier alpha value is -1.06. The number of esters is 2. The highest BCUT2D eigenvalue weighted by molar-refractivity contribution is 5.84. The lowest BCUT2D eigenvalue weighted by Gasteiger charge is -2.35. The first kappa shape index (κ1) is 14.4. The molecule has 0 spiro atoms. The second kappa shape index (κ2) is 5.14. The van der Waals surface area contributed by atoms with Crippen LogP contribution in [0.15, 0.2) is 0 Å². The number of rotatable bonds is 4. The molecule has 4 heteroatoms. The molecule has 0 aromatic heterocycles. The summed E-state index contributed by atoms with van der Waals surface area (Å²) in [4.78, 5) is 24.2. The zero-order valence-electron chi connectivity index (χ0n) is 12.3. The Kier molecular flexibility index (Phi) is 3.88. The van der Waals surface area contributed by atoms with Crippen molar-refractivity contribution in [1.82, 2.24) is 0 Å². The number of carbonyl (C=O) groups is 2. The van der Waals surface area contributed by atoms with Gasteiger partial charge in [-0.3, -0.25) is 9.59 Å². The van der Waals surface area contributed by atoms with Crippen molar-refractivity contribution < 1.29 is 19.1 Å². The topological polar surface area (TPSA) is 52.6 Å². The quantitative estimate of drug-likeness (QED) is 0.736. The van der Waals surface area contributed by atoms with E-state index < -0.39 is 0 Å².